The molecule has 2 N–H and O–H groups in total. The maximum atomic E-state index is 16.8. The Balaban J connectivity index is 0.978. The second-order valence-electron chi connectivity index (χ2n) is 16.6. The minimum atomic E-state index is -1.25. The molecule has 7 aliphatic rings. The van der Waals surface area contributed by atoms with Crippen molar-refractivity contribution in [3.05, 3.63) is 46.5 Å². The van der Waals surface area contributed by atoms with Crippen LogP contribution in [0.4, 0.5) is 4.39 Å². The maximum Gasteiger partial charge on any atom is 0.326 e. The number of likely N-dealkylation sites (tertiary alicyclic amines) is 2. The summed E-state index contributed by atoms with van der Waals surface area (Å²) >= 11 is 0. The number of imidazole rings is 1. The second-order valence-corrected chi connectivity index (χ2v) is 16.6. The predicted octanol–water partition coefficient (Wildman–Crippen LogP) is 4.17. The number of fused-ring (bicyclic) bond motifs is 4. The molecule has 0 bridgehead atoms. The van der Waals surface area contributed by atoms with E-state index < -0.39 is 24.2 Å². The lowest BCUT2D eigenvalue weighted by molar-refractivity contribution is -0.222. The Kier molecular flexibility index (Phi) is 8.67. The number of H-pyrrole nitrogens is 1. The van der Waals surface area contributed by atoms with Gasteiger partial charge in [-0.3, -0.25) is 19.1 Å². The zero-order valence-corrected chi connectivity index (χ0v) is 29.4. The van der Waals surface area contributed by atoms with Crippen LogP contribution >= 0.6 is 0 Å². The highest BCUT2D eigenvalue weighted by Crippen LogP contribution is 2.51. The first-order valence-electron chi connectivity index (χ1n) is 19.6. The van der Waals surface area contributed by atoms with Crippen LogP contribution in [0.1, 0.15) is 83.1 Å². The van der Waals surface area contributed by atoms with E-state index in [4.69, 9.17) is 4.74 Å². The summed E-state index contributed by atoms with van der Waals surface area (Å²) in [4.78, 5) is 50.8. The number of rotatable bonds is 6. The van der Waals surface area contributed by atoms with Gasteiger partial charge in [0.05, 0.1) is 46.9 Å². The lowest BCUT2D eigenvalue weighted by Gasteiger charge is -2.62. The number of nitrogens with zero attached hydrogens (tertiary/aromatic N) is 4. The molecule has 270 valence electrons. The van der Waals surface area contributed by atoms with Crippen LogP contribution < -0.4 is 11.0 Å². The summed E-state index contributed by atoms with van der Waals surface area (Å²) in [7, 11) is 2.14. The number of Topliss-reactive ketones (excluding diaryl/α,β-unsaturated/α-hetero) is 1. The fourth-order valence-electron chi connectivity index (χ4n) is 11.5. The van der Waals surface area contributed by atoms with Crippen LogP contribution in [0.2, 0.25) is 0 Å². The summed E-state index contributed by atoms with van der Waals surface area (Å²) in [5.74, 6) is 0.115. The lowest BCUT2D eigenvalue weighted by atomic mass is 9.64. The first kappa shape index (κ1) is 32.9. The summed E-state index contributed by atoms with van der Waals surface area (Å²) < 4.78 is 25.7. The average Bonchev–Trinajstić information content (AvgIpc) is 3.69. The fraction of sp³-hybridized carbons (Fsp3) is 0.718. The first-order valence-corrected chi connectivity index (χ1v) is 19.6. The molecular weight excluding hydrogens is 635 g/mol. The smallest absolute Gasteiger partial charge is 0.326 e. The van der Waals surface area contributed by atoms with Crippen molar-refractivity contribution in [2.75, 3.05) is 33.2 Å². The molecule has 0 spiro atoms. The molecule has 3 aliphatic carbocycles. The van der Waals surface area contributed by atoms with Crippen molar-refractivity contribution in [3.63, 3.8) is 0 Å². The molecule has 10 atom stereocenters. The van der Waals surface area contributed by atoms with Crippen LogP contribution in [0, 0.1) is 17.8 Å². The number of amides is 1. The van der Waals surface area contributed by atoms with Gasteiger partial charge in [0.15, 0.2) is 5.78 Å². The summed E-state index contributed by atoms with van der Waals surface area (Å²) in [6, 6.07) is 7.64. The van der Waals surface area contributed by atoms with Crippen LogP contribution in [0.15, 0.2) is 40.8 Å². The molecule has 10 nitrogen and oxygen atoms in total. The maximum absolute atomic E-state index is 16.8. The first-order chi connectivity index (χ1) is 24.4. The number of aromatic amines is 1. The highest BCUT2D eigenvalue weighted by molar-refractivity contribution is 6.20. The standard InChI is InChI=1S/C39H53FN6O4/c1-43-16-6-9-25(43)12-15-41-38(48)28-22-45-32-19-23-7-2-3-8-24(23)20-33(32)50-37-34(45)27(36(28)47)21-29(40)35(37)44-17-13-26(14-18-44)46-31-11-5-4-10-30(31)42-39(46)49/h4-5,10-11,22-27,29,32-35,37H,2-3,6-9,12-21H2,1H3,(H,41,48)(H,42,49). The average molecular weight is 689 g/mol. The second kappa shape index (κ2) is 13.2. The Morgan fingerprint density at radius 1 is 0.960 bits per heavy atom. The Labute approximate surface area is 293 Å². The van der Waals surface area contributed by atoms with Crippen LogP contribution in [0.5, 0.6) is 0 Å². The van der Waals surface area contributed by atoms with Crippen molar-refractivity contribution in [1.82, 2.24) is 29.6 Å². The summed E-state index contributed by atoms with van der Waals surface area (Å²) in [6.45, 7) is 2.93. The summed E-state index contributed by atoms with van der Waals surface area (Å²) in [5, 5.41) is 3.08. The molecule has 11 heteroatoms. The monoisotopic (exact) mass is 688 g/mol. The normalized spacial score (nSPS) is 38.0. The molecular formula is C39H53FN6O4. The SMILES string of the molecule is CN1CCCC1CCNC(=O)C1=CN2C3CC4CCCCC4CC3OC3C(N4CCC(n5c(=O)[nH]c6ccccc65)CC4)C(F)CC(C1=O)C32. The molecule has 1 amide bonds. The van der Waals surface area contributed by atoms with E-state index in [1.807, 2.05) is 35.0 Å². The molecule has 0 radical (unpaired) electrons. The van der Waals surface area contributed by atoms with E-state index in [1.54, 1.807) is 0 Å². The fourth-order valence-corrected chi connectivity index (χ4v) is 11.5. The zero-order valence-electron chi connectivity index (χ0n) is 29.4. The lowest BCUT2D eigenvalue weighted by Crippen LogP contribution is -2.74. The van der Waals surface area contributed by atoms with E-state index in [2.05, 4.69) is 32.0 Å². The van der Waals surface area contributed by atoms with Gasteiger partial charge in [-0.15, -0.1) is 0 Å². The van der Waals surface area contributed by atoms with Gasteiger partial charge >= 0.3 is 5.69 Å². The van der Waals surface area contributed by atoms with Gasteiger partial charge in [-0.25, -0.2) is 9.18 Å². The van der Waals surface area contributed by atoms with E-state index in [0.717, 1.165) is 56.1 Å². The highest BCUT2D eigenvalue weighted by atomic mass is 19.1. The Bertz CT molecular complexity index is 1700. The van der Waals surface area contributed by atoms with Crippen molar-refractivity contribution in [3.8, 4) is 0 Å². The quantitative estimate of drug-likeness (QED) is 0.440. The molecule has 10 unspecified atom stereocenters. The van der Waals surface area contributed by atoms with Crippen molar-refractivity contribution in [2.45, 2.75) is 126 Å². The van der Waals surface area contributed by atoms with Gasteiger partial charge in [-0.1, -0.05) is 37.8 Å². The van der Waals surface area contributed by atoms with E-state index in [1.165, 1.54) is 32.1 Å². The molecule has 1 aromatic carbocycles. The van der Waals surface area contributed by atoms with Crippen molar-refractivity contribution < 1.29 is 18.7 Å². The minimum absolute atomic E-state index is 0.0355. The van der Waals surface area contributed by atoms with Gasteiger partial charge < -0.3 is 24.8 Å². The number of hydrogen-bond donors (Lipinski definition) is 2. The molecule has 1 aromatic heterocycles. The van der Waals surface area contributed by atoms with Crippen molar-refractivity contribution in [2.24, 2.45) is 17.8 Å². The number of benzene rings is 1. The Morgan fingerprint density at radius 3 is 2.52 bits per heavy atom. The van der Waals surface area contributed by atoms with Gasteiger partial charge in [-0.05, 0) is 88.9 Å². The summed E-state index contributed by atoms with van der Waals surface area (Å²) in [6.07, 6.45) is 11.8. The number of piperidine rings is 1. The van der Waals surface area contributed by atoms with E-state index in [0.29, 0.717) is 37.5 Å². The number of ketones is 1. The zero-order chi connectivity index (χ0) is 34.1. The van der Waals surface area contributed by atoms with Crippen molar-refractivity contribution in [1.29, 1.82) is 0 Å². The topological polar surface area (TPSA) is 103 Å². The van der Waals surface area contributed by atoms with Gasteiger partial charge in [0.25, 0.3) is 5.91 Å². The minimum Gasteiger partial charge on any atom is -0.369 e. The van der Waals surface area contributed by atoms with Crippen LogP contribution in [0.3, 0.4) is 0 Å². The molecule has 5 heterocycles. The number of carbonyl (C=O) groups is 2. The molecule has 6 fully saturated rings. The number of para-hydroxylation sites is 2. The van der Waals surface area contributed by atoms with Gasteiger partial charge in [0.2, 0.25) is 0 Å². The van der Waals surface area contributed by atoms with E-state index >= 15 is 4.39 Å². The van der Waals surface area contributed by atoms with Gasteiger partial charge in [-0.2, -0.15) is 0 Å². The number of alkyl halides is 1. The highest BCUT2D eigenvalue weighted by Gasteiger charge is 2.60. The van der Waals surface area contributed by atoms with Gasteiger partial charge in [0, 0.05) is 43.8 Å². The Hall–Kier alpha value is -3.02. The molecule has 3 saturated heterocycles. The molecule has 50 heavy (non-hydrogen) atoms. The largest absolute Gasteiger partial charge is 0.369 e. The number of halogens is 1. The number of hydrogen-bond acceptors (Lipinski definition) is 7. The predicted molar refractivity (Wildman–Crippen MR) is 188 cm³/mol. The van der Waals surface area contributed by atoms with Crippen molar-refractivity contribution >= 4 is 22.7 Å². The number of ether oxygens (including phenoxy) is 1. The third-order valence-corrected chi connectivity index (χ3v) is 14.0. The van der Waals surface area contributed by atoms with Gasteiger partial charge in [0.1, 0.15) is 6.17 Å². The summed E-state index contributed by atoms with van der Waals surface area (Å²) in [5.41, 5.74) is 1.85. The van der Waals surface area contributed by atoms with Crippen LogP contribution in [0.25, 0.3) is 11.0 Å². The van der Waals surface area contributed by atoms with Crippen LogP contribution in [-0.2, 0) is 14.3 Å². The van der Waals surface area contributed by atoms with E-state index in [9.17, 15) is 14.4 Å². The molecule has 9 rings (SSSR count). The third kappa shape index (κ3) is 5.57. The number of morpholine rings is 1. The molecule has 3 saturated carbocycles. The van der Waals surface area contributed by atoms with Crippen LogP contribution in [-0.4, -0.2) is 112 Å². The Morgan fingerprint density at radius 2 is 1.74 bits per heavy atom. The number of nitrogens with one attached hydrogen (secondary N) is 2. The number of aromatic nitrogens is 2. The third-order valence-electron chi connectivity index (χ3n) is 14.0. The molecule has 2 aromatic rings. The molecule has 4 aliphatic heterocycles. The number of carbonyl (C=O) groups excluding carboxylic acids is 2. The van der Waals surface area contributed by atoms with E-state index in [-0.39, 0.29) is 53.6 Å².